The van der Waals surface area contributed by atoms with Gasteiger partial charge in [-0.05, 0) is 86.9 Å². The molecule has 36 heavy (non-hydrogen) atoms. The molecule has 0 radical (unpaired) electrons. The van der Waals surface area contributed by atoms with Crippen LogP contribution in [0.15, 0.2) is 54.6 Å². The van der Waals surface area contributed by atoms with Crippen LogP contribution in [0.25, 0.3) is 11.1 Å². The lowest BCUT2D eigenvalue weighted by Gasteiger charge is -2.28. The normalized spacial score (nSPS) is 17.6. The summed E-state index contributed by atoms with van der Waals surface area (Å²) in [4.78, 5) is 12.6. The number of esters is 1. The standard InChI is InChI=1S/C29H29F3O4/c1-3-34-21-11-9-19(10-12-21)24-15-16-26(28(32)27(24)31)36-29(33)20-7-5-18(6-8-20)23-14-13-22(35-4-2)17-25(23)30/h5-8,13-17,19,21H,3-4,9-12H2,1-2H3. The summed E-state index contributed by atoms with van der Waals surface area (Å²) in [6, 6.07) is 13.4. The molecule has 7 heteroatoms. The summed E-state index contributed by atoms with van der Waals surface area (Å²) >= 11 is 0. The summed E-state index contributed by atoms with van der Waals surface area (Å²) in [5, 5.41) is 0. The molecule has 0 unspecified atom stereocenters. The molecule has 0 spiro atoms. The maximum Gasteiger partial charge on any atom is 0.343 e. The van der Waals surface area contributed by atoms with Gasteiger partial charge in [0.2, 0.25) is 5.82 Å². The van der Waals surface area contributed by atoms with E-state index in [1.807, 2.05) is 13.8 Å². The zero-order valence-corrected chi connectivity index (χ0v) is 20.4. The van der Waals surface area contributed by atoms with Gasteiger partial charge in [0.15, 0.2) is 11.6 Å². The van der Waals surface area contributed by atoms with Crippen LogP contribution >= 0.6 is 0 Å². The van der Waals surface area contributed by atoms with E-state index < -0.39 is 29.2 Å². The van der Waals surface area contributed by atoms with Crippen LogP contribution in [0.5, 0.6) is 11.5 Å². The third-order valence-electron chi connectivity index (χ3n) is 6.48. The number of carbonyl (C=O) groups is 1. The molecular weight excluding hydrogens is 469 g/mol. The number of rotatable bonds is 8. The fraction of sp³-hybridized carbons (Fsp3) is 0.345. The van der Waals surface area contributed by atoms with Gasteiger partial charge in [0.1, 0.15) is 11.6 Å². The molecule has 4 rings (SSSR count). The molecule has 190 valence electrons. The molecule has 1 fully saturated rings. The molecule has 3 aromatic rings. The molecule has 0 N–H and O–H groups in total. The average Bonchev–Trinajstić information content (AvgIpc) is 2.88. The van der Waals surface area contributed by atoms with Crippen LogP contribution in [0, 0.1) is 17.5 Å². The van der Waals surface area contributed by atoms with Crippen LogP contribution in [-0.4, -0.2) is 25.3 Å². The molecule has 4 nitrogen and oxygen atoms in total. The summed E-state index contributed by atoms with van der Waals surface area (Å²) in [5.74, 6) is -3.60. The van der Waals surface area contributed by atoms with Crippen molar-refractivity contribution in [2.75, 3.05) is 13.2 Å². The molecule has 0 saturated heterocycles. The first kappa shape index (κ1) is 25.8. The van der Waals surface area contributed by atoms with E-state index in [9.17, 15) is 18.0 Å². The smallest absolute Gasteiger partial charge is 0.343 e. The predicted octanol–water partition coefficient (Wildman–Crippen LogP) is 7.45. The predicted molar refractivity (Wildman–Crippen MR) is 131 cm³/mol. The van der Waals surface area contributed by atoms with Crippen molar-refractivity contribution >= 4 is 5.97 Å². The maximum atomic E-state index is 14.9. The highest BCUT2D eigenvalue weighted by Gasteiger charge is 2.27. The summed E-state index contributed by atoms with van der Waals surface area (Å²) in [6.07, 6.45) is 3.18. The third kappa shape index (κ3) is 5.73. The Bertz CT molecular complexity index is 1200. The van der Waals surface area contributed by atoms with Gasteiger partial charge >= 0.3 is 5.97 Å². The van der Waals surface area contributed by atoms with Crippen molar-refractivity contribution < 1.29 is 32.2 Å². The maximum absolute atomic E-state index is 14.9. The Hall–Kier alpha value is -3.32. The van der Waals surface area contributed by atoms with Gasteiger partial charge in [-0.1, -0.05) is 18.2 Å². The minimum Gasteiger partial charge on any atom is -0.494 e. The van der Waals surface area contributed by atoms with E-state index in [-0.39, 0.29) is 17.6 Å². The van der Waals surface area contributed by atoms with Gasteiger partial charge in [0, 0.05) is 18.2 Å². The molecule has 1 aliphatic carbocycles. The van der Waals surface area contributed by atoms with E-state index in [1.165, 1.54) is 30.3 Å². The molecule has 1 saturated carbocycles. The first-order valence-corrected chi connectivity index (χ1v) is 12.3. The number of hydrogen-bond donors (Lipinski definition) is 0. The van der Waals surface area contributed by atoms with Crippen LogP contribution in [0.4, 0.5) is 13.2 Å². The second-order valence-corrected chi connectivity index (χ2v) is 8.75. The van der Waals surface area contributed by atoms with Gasteiger partial charge < -0.3 is 14.2 Å². The highest BCUT2D eigenvalue weighted by molar-refractivity contribution is 5.91. The van der Waals surface area contributed by atoms with Crippen molar-refractivity contribution in [3.63, 3.8) is 0 Å². The lowest BCUT2D eigenvalue weighted by atomic mass is 9.82. The van der Waals surface area contributed by atoms with Gasteiger partial charge in [-0.3, -0.25) is 0 Å². The molecule has 0 atom stereocenters. The SMILES string of the molecule is CCOc1ccc(-c2ccc(C(=O)Oc3ccc(C4CCC(OCC)CC4)c(F)c3F)cc2)c(F)c1. The van der Waals surface area contributed by atoms with E-state index in [2.05, 4.69) is 0 Å². The largest absolute Gasteiger partial charge is 0.494 e. The minimum absolute atomic E-state index is 0.100. The van der Waals surface area contributed by atoms with Crippen molar-refractivity contribution in [3.05, 3.63) is 83.2 Å². The number of carbonyl (C=O) groups excluding carboxylic acids is 1. The van der Waals surface area contributed by atoms with Gasteiger partial charge in [0.05, 0.1) is 18.3 Å². The summed E-state index contributed by atoms with van der Waals surface area (Å²) in [7, 11) is 0. The van der Waals surface area contributed by atoms with Gasteiger partial charge in [0.25, 0.3) is 0 Å². The van der Waals surface area contributed by atoms with Crippen LogP contribution in [0.2, 0.25) is 0 Å². The Morgan fingerprint density at radius 2 is 1.58 bits per heavy atom. The van der Waals surface area contributed by atoms with E-state index >= 15 is 0 Å². The van der Waals surface area contributed by atoms with Crippen molar-refractivity contribution in [1.29, 1.82) is 0 Å². The second kappa shape index (κ2) is 11.6. The van der Waals surface area contributed by atoms with E-state index in [4.69, 9.17) is 14.2 Å². The van der Waals surface area contributed by atoms with Crippen molar-refractivity contribution in [2.24, 2.45) is 0 Å². The summed E-state index contributed by atoms with van der Waals surface area (Å²) in [6.45, 7) is 4.82. The van der Waals surface area contributed by atoms with Gasteiger partial charge in [-0.15, -0.1) is 0 Å². The molecule has 0 aromatic heterocycles. The van der Waals surface area contributed by atoms with Gasteiger partial charge in [-0.25, -0.2) is 13.6 Å². The number of benzene rings is 3. The Morgan fingerprint density at radius 1 is 0.861 bits per heavy atom. The van der Waals surface area contributed by atoms with E-state index in [0.29, 0.717) is 48.5 Å². The van der Waals surface area contributed by atoms with Crippen molar-refractivity contribution in [1.82, 2.24) is 0 Å². The Labute approximate surface area is 209 Å². The highest BCUT2D eigenvalue weighted by Crippen LogP contribution is 2.37. The van der Waals surface area contributed by atoms with Crippen LogP contribution in [0.1, 0.15) is 61.4 Å². The monoisotopic (exact) mass is 498 g/mol. The van der Waals surface area contributed by atoms with Crippen LogP contribution in [-0.2, 0) is 4.74 Å². The molecule has 1 aliphatic rings. The topological polar surface area (TPSA) is 44.8 Å². The Morgan fingerprint density at radius 3 is 2.22 bits per heavy atom. The molecule has 0 aliphatic heterocycles. The average molecular weight is 499 g/mol. The molecule has 3 aromatic carbocycles. The summed E-state index contributed by atoms with van der Waals surface area (Å²) < 4.78 is 60.2. The zero-order chi connectivity index (χ0) is 25.7. The van der Waals surface area contributed by atoms with Crippen LogP contribution < -0.4 is 9.47 Å². The fourth-order valence-electron chi connectivity index (χ4n) is 4.65. The molecule has 0 amide bonds. The number of hydrogen-bond acceptors (Lipinski definition) is 4. The Balaban J connectivity index is 1.44. The third-order valence-corrected chi connectivity index (χ3v) is 6.48. The quantitative estimate of drug-likeness (QED) is 0.239. The first-order chi connectivity index (χ1) is 17.4. The lowest BCUT2D eigenvalue weighted by molar-refractivity contribution is 0.0325. The van der Waals surface area contributed by atoms with Crippen molar-refractivity contribution in [2.45, 2.75) is 51.6 Å². The van der Waals surface area contributed by atoms with Gasteiger partial charge in [-0.2, -0.15) is 4.39 Å². The number of halogens is 3. The fourth-order valence-corrected chi connectivity index (χ4v) is 4.65. The highest BCUT2D eigenvalue weighted by atomic mass is 19.2. The second-order valence-electron chi connectivity index (χ2n) is 8.75. The van der Waals surface area contributed by atoms with E-state index in [1.54, 1.807) is 24.3 Å². The molecular formula is C29H29F3O4. The Kier molecular flexibility index (Phi) is 8.31. The molecule has 0 bridgehead atoms. The summed E-state index contributed by atoms with van der Waals surface area (Å²) in [5.41, 5.74) is 1.32. The minimum atomic E-state index is -1.18. The number of ether oxygens (including phenoxy) is 3. The first-order valence-electron chi connectivity index (χ1n) is 12.3. The van der Waals surface area contributed by atoms with Crippen LogP contribution in [0.3, 0.4) is 0 Å². The lowest BCUT2D eigenvalue weighted by Crippen LogP contribution is -2.21. The van der Waals surface area contributed by atoms with E-state index in [0.717, 1.165) is 12.8 Å². The molecule has 0 heterocycles. The zero-order valence-electron chi connectivity index (χ0n) is 20.4. The van der Waals surface area contributed by atoms with Crippen molar-refractivity contribution in [3.8, 4) is 22.6 Å².